The summed E-state index contributed by atoms with van der Waals surface area (Å²) in [6, 6.07) is 9.47. The van der Waals surface area contributed by atoms with Crippen LogP contribution in [-0.4, -0.2) is 25.6 Å². The number of amides is 1. The Labute approximate surface area is 125 Å². The third kappa shape index (κ3) is 5.09. The number of anilines is 1. The number of hydrogen-bond acceptors (Lipinski definition) is 4. The van der Waals surface area contributed by atoms with Crippen molar-refractivity contribution in [3.63, 3.8) is 0 Å². The number of unbranched alkanes of at least 4 members (excludes halogenated alkanes) is 1. The first kappa shape index (κ1) is 15.3. The van der Waals surface area contributed by atoms with Gasteiger partial charge in [-0.15, -0.1) is 0 Å². The third-order valence-electron chi connectivity index (χ3n) is 3.47. The molecule has 2 rings (SSSR count). The van der Waals surface area contributed by atoms with Crippen LogP contribution < -0.4 is 15.4 Å². The fourth-order valence-corrected chi connectivity index (χ4v) is 2.32. The van der Waals surface area contributed by atoms with Gasteiger partial charge in [0.25, 0.3) is 0 Å². The molecule has 1 atom stereocenters. The van der Waals surface area contributed by atoms with Crippen molar-refractivity contribution >= 4 is 11.6 Å². The Bertz CT molecular complexity index is 504. The molecule has 0 aliphatic carbocycles. The molecule has 5 heteroatoms. The van der Waals surface area contributed by atoms with E-state index in [1.54, 1.807) is 0 Å². The highest BCUT2D eigenvalue weighted by Crippen LogP contribution is 2.19. The maximum absolute atomic E-state index is 12.2. The van der Waals surface area contributed by atoms with Gasteiger partial charge in [-0.1, -0.05) is 6.07 Å². The molecule has 112 valence electrons. The first-order chi connectivity index (χ1) is 10.3. The summed E-state index contributed by atoms with van der Waals surface area (Å²) >= 11 is 0. The Balaban J connectivity index is 1.85. The Hall–Kier alpha value is -2.06. The summed E-state index contributed by atoms with van der Waals surface area (Å²) in [5.74, 6) is 0.815. The first-order valence-corrected chi connectivity index (χ1v) is 7.41. The number of rotatable bonds is 6. The van der Waals surface area contributed by atoms with Crippen molar-refractivity contribution in [3.05, 3.63) is 24.3 Å². The molecule has 21 heavy (non-hydrogen) atoms. The van der Waals surface area contributed by atoms with E-state index >= 15 is 0 Å². The minimum absolute atomic E-state index is 0.0407. The van der Waals surface area contributed by atoms with E-state index in [1.165, 1.54) is 0 Å². The van der Waals surface area contributed by atoms with E-state index in [1.807, 2.05) is 24.3 Å². The number of nitriles is 1. The SMILES string of the molecule is N#CCCCOc1cccc(NC(=O)[C@H]2CCCNC2)c1. The summed E-state index contributed by atoms with van der Waals surface area (Å²) in [5, 5.41) is 14.7. The van der Waals surface area contributed by atoms with E-state index in [0.29, 0.717) is 25.2 Å². The van der Waals surface area contributed by atoms with Crippen molar-refractivity contribution in [3.8, 4) is 11.8 Å². The molecule has 0 radical (unpaired) electrons. The second kappa shape index (κ2) is 8.28. The Morgan fingerprint density at radius 2 is 2.43 bits per heavy atom. The van der Waals surface area contributed by atoms with Crippen LogP contribution in [0.2, 0.25) is 0 Å². The smallest absolute Gasteiger partial charge is 0.228 e. The predicted molar refractivity (Wildman–Crippen MR) is 81.0 cm³/mol. The van der Waals surface area contributed by atoms with Crippen molar-refractivity contribution in [1.29, 1.82) is 5.26 Å². The third-order valence-corrected chi connectivity index (χ3v) is 3.47. The van der Waals surface area contributed by atoms with Crippen LogP contribution in [0, 0.1) is 17.2 Å². The molecule has 0 aromatic heterocycles. The van der Waals surface area contributed by atoms with Crippen LogP contribution in [0.3, 0.4) is 0 Å². The highest BCUT2D eigenvalue weighted by Gasteiger charge is 2.20. The van der Waals surface area contributed by atoms with Crippen molar-refractivity contribution in [2.75, 3.05) is 25.0 Å². The minimum Gasteiger partial charge on any atom is -0.493 e. The number of carbonyl (C=O) groups is 1. The van der Waals surface area contributed by atoms with Gasteiger partial charge in [-0.3, -0.25) is 4.79 Å². The molecule has 1 saturated heterocycles. The number of carbonyl (C=O) groups excluding carboxylic acids is 1. The number of piperidine rings is 1. The largest absolute Gasteiger partial charge is 0.493 e. The van der Waals surface area contributed by atoms with Crippen LogP contribution in [0.1, 0.15) is 25.7 Å². The summed E-state index contributed by atoms with van der Waals surface area (Å²) in [6.07, 6.45) is 3.18. The van der Waals surface area contributed by atoms with E-state index in [4.69, 9.17) is 10.00 Å². The molecule has 1 aromatic carbocycles. The minimum atomic E-state index is 0.0407. The number of nitrogens with one attached hydrogen (secondary N) is 2. The predicted octanol–water partition coefficient (Wildman–Crippen LogP) is 2.31. The van der Waals surface area contributed by atoms with E-state index in [9.17, 15) is 4.79 Å². The summed E-state index contributed by atoms with van der Waals surface area (Å²) in [5.41, 5.74) is 0.753. The quantitative estimate of drug-likeness (QED) is 0.787. The molecule has 1 fully saturated rings. The second-order valence-corrected chi connectivity index (χ2v) is 5.17. The summed E-state index contributed by atoms with van der Waals surface area (Å²) < 4.78 is 5.56. The van der Waals surface area contributed by atoms with Crippen molar-refractivity contribution in [2.45, 2.75) is 25.7 Å². The van der Waals surface area contributed by atoms with Crippen LogP contribution in [0.15, 0.2) is 24.3 Å². The fourth-order valence-electron chi connectivity index (χ4n) is 2.32. The Morgan fingerprint density at radius 1 is 1.52 bits per heavy atom. The van der Waals surface area contributed by atoms with Gasteiger partial charge in [0.05, 0.1) is 18.6 Å². The average molecular weight is 287 g/mol. The zero-order chi connectivity index (χ0) is 14.9. The van der Waals surface area contributed by atoms with Gasteiger partial charge in [-0.2, -0.15) is 5.26 Å². The van der Waals surface area contributed by atoms with Crippen molar-refractivity contribution in [2.24, 2.45) is 5.92 Å². The van der Waals surface area contributed by atoms with E-state index in [-0.39, 0.29) is 11.8 Å². The van der Waals surface area contributed by atoms with Crippen LogP contribution in [-0.2, 0) is 4.79 Å². The Morgan fingerprint density at radius 3 is 3.19 bits per heavy atom. The topological polar surface area (TPSA) is 74.1 Å². The number of benzene rings is 1. The normalized spacial score (nSPS) is 17.8. The lowest BCUT2D eigenvalue weighted by molar-refractivity contribution is -0.120. The lowest BCUT2D eigenvalue weighted by Crippen LogP contribution is -2.37. The van der Waals surface area contributed by atoms with Crippen LogP contribution >= 0.6 is 0 Å². The molecule has 1 amide bonds. The van der Waals surface area contributed by atoms with Gasteiger partial charge in [0, 0.05) is 24.7 Å². The zero-order valence-electron chi connectivity index (χ0n) is 12.1. The maximum Gasteiger partial charge on any atom is 0.228 e. The van der Waals surface area contributed by atoms with Gasteiger partial charge < -0.3 is 15.4 Å². The van der Waals surface area contributed by atoms with Gasteiger partial charge in [-0.05, 0) is 37.9 Å². The number of ether oxygens (including phenoxy) is 1. The van der Waals surface area contributed by atoms with Gasteiger partial charge in [0.2, 0.25) is 5.91 Å². The van der Waals surface area contributed by atoms with Crippen LogP contribution in [0.5, 0.6) is 5.75 Å². The molecule has 1 heterocycles. The molecule has 0 spiro atoms. The summed E-state index contributed by atoms with van der Waals surface area (Å²) in [6.45, 7) is 2.25. The molecule has 1 aliphatic heterocycles. The molecule has 1 aliphatic rings. The number of hydrogen-bond donors (Lipinski definition) is 2. The molecule has 0 saturated carbocycles. The van der Waals surface area contributed by atoms with Crippen LogP contribution in [0.4, 0.5) is 5.69 Å². The zero-order valence-corrected chi connectivity index (χ0v) is 12.1. The molecule has 5 nitrogen and oxygen atoms in total. The average Bonchev–Trinajstić information content (AvgIpc) is 2.53. The van der Waals surface area contributed by atoms with Crippen molar-refractivity contribution in [1.82, 2.24) is 5.32 Å². The molecule has 2 N–H and O–H groups in total. The van der Waals surface area contributed by atoms with Gasteiger partial charge >= 0.3 is 0 Å². The van der Waals surface area contributed by atoms with E-state index < -0.39 is 0 Å². The monoisotopic (exact) mass is 287 g/mol. The van der Waals surface area contributed by atoms with E-state index in [2.05, 4.69) is 16.7 Å². The second-order valence-electron chi connectivity index (χ2n) is 5.17. The maximum atomic E-state index is 12.2. The van der Waals surface area contributed by atoms with Crippen LogP contribution in [0.25, 0.3) is 0 Å². The summed E-state index contributed by atoms with van der Waals surface area (Å²) in [7, 11) is 0. The molecular weight excluding hydrogens is 266 g/mol. The van der Waals surface area contributed by atoms with Gasteiger partial charge in [0.1, 0.15) is 5.75 Å². The molecule has 0 unspecified atom stereocenters. The lowest BCUT2D eigenvalue weighted by Gasteiger charge is -2.22. The summed E-state index contributed by atoms with van der Waals surface area (Å²) in [4.78, 5) is 12.2. The Kier molecular flexibility index (Phi) is 6.04. The highest BCUT2D eigenvalue weighted by molar-refractivity contribution is 5.92. The fraction of sp³-hybridized carbons (Fsp3) is 0.500. The first-order valence-electron chi connectivity index (χ1n) is 7.41. The van der Waals surface area contributed by atoms with Gasteiger partial charge in [-0.25, -0.2) is 0 Å². The van der Waals surface area contributed by atoms with E-state index in [0.717, 1.165) is 31.6 Å². The number of nitrogens with zero attached hydrogens (tertiary/aromatic N) is 1. The lowest BCUT2D eigenvalue weighted by atomic mass is 9.99. The molecule has 1 aromatic rings. The highest BCUT2D eigenvalue weighted by atomic mass is 16.5. The molecule has 0 bridgehead atoms. The van der Waals surface area contributed by atoms with Crippen molar-refractivity contribution < 1.29 is 9.53 Å². The van der Waals surface area contributed by atoms with Gasteiger partial charge in [0.15, 0.2) is 0 Å². The molecular formula is C16H21N3O2. The standard InChI is InChI=1S/C16H21N3O2/c17-8-1-2-10-21-15-7-3-6-14(11-15)19-16(20)13-5-4-9-18-12-13/h3,6-7,11,13,18H,1-2,4-5,9-10,12H2,(H,19,20)/t13-/m0/s1.